The third-order valence-electron chi connectivity index (χ3n) is 2.80. The summed E-state index contributed by atoms with van der Waals surface area (Å²) in [5.74, 6) is 0. The van der Waals surface area contributed by atoms with E-state index in [0.29, 0.717) is 5.41 Å². The van der Waals surface area contributed by atoms with Gasteiger partial charge in [0.1, 0.15) is 0 Å². The summed E-state index contributed by atoms with van der Waals surface area (Å²) in [4.78, 5) is 0. The lowest BCUT2D eigenvalue weighted by Gasteiger charge is -2.22. The first kappa shape index (κ1) is 8.62. The Bertz CT molecular complexity index is 176. The van der Waals surface area contributed by atoms with Gasteiger partial charge in [-0.15, -0.1) is 5.73 Å². The Hall–Kier alpha value is -0.480. The number of allylic oxidation sites excluding steroid dienone is 1. The Morgan fingerprint density at radius 3 is 2.45 bits per heavy atom. The first-order valence-electron chi connectivity index (χ1n) is 4.52. The van der Waals surface area contributed by atoms with Crippen molar-refractivity contribution in [1.29, 1.82) is 0 Å². The molecule has 0 amide bonds. The first-order valence-corrected chi connectivity index (χ1v) is 4.52. The smallest absolute Gasteiger partial charge is 0.0193 e. The van der Waals surface area contributed by atoms with Crippen molar-refractivity contribution in [1.82, 2.24) is 0 Å². The van der Waals surface area contributed by atoms with Gasteiger partial charge in [-0.2, -0.15) is 0 Å². The molecule has 1 aliphatic carbocycles. The second-order valence-electron chi connectivity index (χ2n) is 4.15. The zero-order valence-corrected chi connectivity index (χ0v) is 7.74. The molecule has 62 valence electrons. The van der Waals surface area contributed by atoms with Crippen LogP contribution in [0.1, 0.15) is 46.0 Å². The molecule has 0 heteroatoms. The van der Waals surface area contributed by atoms with Crippen LogP contribution in [0.4, 0.5) is 0 Å². The second kappa shape index (κ2) is 3.28. The van der Waals surface area contributed by atoms with E-state index in [0.717, 1.165) is 0 Å². The van der Waals surface area contributed by atoms with Crippen LogP contribution in [0.2, 0.25) is 0 Å². The predicted molar refractivity (Wildman–Crippen MR) is 49.5 cm³/mol. The summed E-state index contributed by atoms with van der Waals surface area (Å²) in [6.07, 6.45) is 6.83. The molecule has 0 heterocycles. The third-order valence-corrected chi connectivity index (χ3v) is 2.80. The highest BCUT2D eigenvalue weighted by Gasteiger charge is 2.28. The van der Waals surface area contributed by atoms with Crippen LogP contribution in [0.3, 0.4) is 0 Å². The molecule has 1 aliphatic rings. The van der Waals surface area contributed by atoms with Gasteiger partial charge in [-0.25, -0.2) is 0 Å². The van der Waals surface area contributed by atoms with Crippen LogP contribution in [0.5, 0.6) is 0 Å². The summed E-state index contributed by atoms with van der Waals surface area (Å²) in [6.45, 7) is 8.20. The molecule has 0 spiro atoms. The molecular formula is C11H18. The molecule has 0 aromatic heterocycles. The maximum Gasteiger partial charge on any atom is -0.0193 e. The van der Waals surface area contributed by atoms with Crippen LogP contribution >= 0.6 is 0 Å². The van der Waals surface area contributed by atoms with E-state index >= 15 is 0 Å². The van der Waals surface area contributed by atoms with Gasteiger partial charge in [-0.05, 0) is 37.2 Å². The van der Waals surface area contributed by atoms with Gasteiger partial charge in [-0.1, -0.05) is 26.3 Å². The summed E-state index contributed by atoms with van der Waals surface area (Å²) in [5, 5.41) is 0. The van der Waals surface area contributed by atoms with E-state index in [-0.39, 0.29) is 0 Å². The minimum atomic E-state index is 0.578. The zero-order chi connectivity index (χ0) is 8.32. The second-order valence-corrected chi connectivity index (χ2v) is 4.15. The molecule has 0 saturated heterocycles. The quantitative estimate of drug-likeness (QED) is 0.527. The molecule has 0 bridgehead atoms. The average Bonchev–Trinajstić information content (AvgIpc) is 2.36. The van der Waals surface area contributed by atoms with E-state index in [4.69, 9.17) is 0 Å². The Kier molecular flexibility index (Phi) is 2.57. The van der Waals surface area contributed by atoms with Gasteiger partial charge in [0, 0.05) is 0 Å². The van der Waals surface area contributed by atoms with Crippen LogP contribution in [-0.4, -0.2) is 0 Å². The fourth-order valence-corrected chi connectivity index (χ4v) is 2.11. The van der Waals surface area contributed by atoms with E-state index in [1.165, 1.54) is 37.7 Å². The largest absolute Gasteiger partial charge is 0.130 e. The van der Waals surface area contributed by atoms with Crippen molar-refractivity contribution in [3.63, 3.8) is 0 Å². The van der Waals surface area contributed by atoms with E-state index in [1.807, 2.05) is 0 Å². The molecule has 0 N–H and O–H groups in total. The number of rotatable bonds is 2. The lowest BCUT2D eigenvalue weighted by atomic mass is 9.83. The molecule has 0 unspecified atom stereocenters. The van der Waals surface area contributed by atoms with Crippen molar-refractivity contribution in [3.8, 4) is 0 Å². The standard InChI is InChI=1S/C11H18/c1-4-10(2)9-11(3)7-5-6-8-11/h1,5-9H2,2-3H3. The Labute approximate surface area is 70.0 Å². The van der Waals surface area contributed by atoms with Gasteiger partial charge in [0.05, 0.1) is 0 Å². The van der Waals surface area contributed by atoms with Crippen LogP contribution in [0.25, 0.3) is 0 Å². The molecule has 1 saturated carbocycles. The molecule has 0 aromatic carbocycles. The summed E-state index contributed by atoms with van der Waals surface area (Å²) >= 11 is 0. The minimum Gasteiger partial charge on any atom is -0.130 e. The molecule has 11 heavy (non-hydrogen) atoms. The van der Waals surface area contributed by atoms with E-state index in [2.05, 4.69) is 26.2 Å². The average molecular weight is 150 g/mol. The molecule has 0 atom stereocenters. The van der Waals surface area contributed by atoms with Crippen molar-refractivity contribution < 1.29 is 0 Å². The maximum absolute atomic E-state index is 3.67. The lowest BCUT2D eigenvalue weighted by molar-refractivity contribution is 0.334. The van der Waals surface area contributed by atoms with Crippen molar-refractivity contribution in [2.75, 3.05) is 0 Å². The highest BCUT2D eigenvalue weighted by molar-refractivity contribution is 5.00. The summed E-state index contributed by atoms with van der Waals surface area (Å²) in [5.41, 5.74) is 4.89. The van der Waals surface area contributed by atoms with E-state index in [1.54, 1.807) is 0 Å². The Morgan fingerprint density at radius 2 is 2.00 bits per heavy atom. The van der Waals surface area contributed by atoms with Crippen molar-refractivity contribution in [2.45, 2.75) is 46.0 Å². The summed E-state index contributed by atoms with van der Waals surface area (Å²) in [6, 6.07) is 0. The van der Waals surface area contributed by atoms with Crippen molar-refractivity contribution in [3.05, 3.63) is 17.9 Å². The summed E-state index contributed by atoms with van der Waals surface area (Å²) in [7, 11) is 0. The van der Waals surface area contributed by atoms with Crippen molar-refractivity contribution in [2.24, 2.45) is 5.41 Å². The van der Waals surface area contributed by atoms with Gasteiger partial charge < -0.3 is 0 Å². The van der Waals surface area contributed by atoms with Crippen LogP contribution in [-0.2, 0) is 0 Å². The molecule has 0 aromatic rings. The van der Waals surface area contributed by atoms with Gasteiger partial charge in [0.25, 0.3) is 0 Å². The van der Waals surface area contributed by atoms with Crippen LogP contribution in [0.15, 0.2) is 17.9 Å². The number of hydrogen-bond acceptors (Lipinski definition) is 0. The monoisotopic (exact) mass is 150 g/mol. The SMILES string of the molecule is C=C=C(C)CC1(C)CCCC1. The fraction of sp³-hybridized carbons (Fsp3) is 0.727. The third kappa shape index (κ3) is 2.24. The molecule has 0 radical (unpaired) electrons. The Balaban J connectivity index is 2.52. The maximum atomic E-state index is 3.67. The zero-order valence-electron chi connectivity index (χ0n) is 7.74. The molecular weight excluding hydrogens is 132 g/mol. The minimum absolute atomic E-state index is 0.578. The molecule has 0 nitrogen and oxygen atoms in total. The molecule has 1 rings (SSSR count). The predicted octanol–water partition coefficient (Wildman–Crippen LogP) is 3.69. The van der Waals surface area contributed by atoms with Gasteiger partial charge >= 0.3 is 0 Å². The Morgan fingerprint density at radius 1 is 1.45 bits per heavy atom. The van der Waals surface area contributed by atoms with Gasteiger partial charge in [0.2, 0.25) is 0 Å². The van der Waals surface area contributed by atoms with E-state index in [9.17, 15) is 0 Å². The van der Waals surface area contributed by atoms with Gasteiger partial charge in [0.15, 0.2) is 0 Å². The van der Waals surface area contributed by atoms with Crippen LogP contribution < -0.4 is 0 Å². The first-order chi connectivity index (χ1) is 5.16. The molecule has 0 aliphatic heterocycles. The number of hydrogen-bond donors (Lipinski definition) is 0. The van der Waals surface area contributed by atoms with Crippen molar-refractivity contribution >= 4 is 0 Å². The fourth-order valence-electron chi connectivity index (χ4n) is 2.11. The highest BCUT2D eigenvalue weighted by atomic mass is 14.3. The topological polar surface area (TPSA) is 0 Å². The van der Waals surface area contributed by atoms with E-state index < -0.39 is 0 Å². The lowest BCUT2D eigenvalue weighted by Crippen LogP contribution is -2.10. The molecule has 1 fully saturated rings. The van der Waals surface area contributed by atoms with Gasteiger partial charge in [-0.3, -0.25) is 0 Å². The van der Waals surface area contributed by atoms with Crippen LogP contribution in [0, 0.1) is 5.41 Å². The summed E-state index contributed by atoms with van der Waals surface area (Å²) < 4.78 is 0. The normalized spacial score (nSPS) is 21.3. The highest BCUT2D eigenvalue weighted by Crippen LogP contribution is 2.42.